The highest BCUT2D eigenvalue weighted by Gasteiger charge is 2.23. The third-order valence-electron chi connectivity index (χ3n) is 3.20. The number of carboxylic acids is 1. The number of guanidine groups is 1. The maximum Gasteiger partial charge on any atom is 0.322 e. The van der Waals surface area contributed by atoms with Gasteiger partial charge in [-0.1, -0.05) is 0 Å². The van der Waals surface area contributed by atoms with Gasteiger partial charge in [0.2, 0.25) is 23.6 Å². The lowest BCUT2D eigenvalue weighted by Crippen LogP contribution is -2.52. The average molecular weight is 402 g/mol. The molecular weight excluding hydrogens is 376 g/mol. The number of nitrogens with one attached hydrogen (secondary N) is 3. The largest absolute Gasteiger partial charge is 0.480 e. The van der Waals surface area contributed by atoms with Crippen molar-refractivity contribution < 1.29 is 29.1 Å². The molecule has 12 N–H and O–H groups in total. The number of carboxylic acid groups (broad SMARTS) is 1. The Balaban J connectivity index is 4.46. The molecule has 0 aromatic rings. The SMILES string of the molecule is NC(=O)CC(NC(=O)CNC(=O)C(N)CCCN=C(N)N)C(=O)NCC(=O)O. The molecule has 0 aromatic heterocycles. The monoisotopic (exact) mass is 402 g/mol. The molecule has 28 heavy (non-hydrogen) atoms. The zero-order valence-electron chi connectivity index (χ0n) is 15.1. The fraction of sp³-hybridized carbons (Fsp3) is 0.571. The molecule has 2 atom stereocenters. The highest BCUT2D eigenvalue weighted by Crippen LogP contribution is 1.96. The van der Waals surface area contributed by atoms with Crippen LogP contribution in [-0.4, -0.2) is 72.4 Å². The molecule has 158 valence electrons. The first kappa shape index (κ1) is 24.6. The van der Waals surface area contributed by atoms with E-state index in [1.165, 1.54) is 0 Å². The second-order valence-electron chi connectivity index (χ2n) is 5.68. The lowest BCUT2D eigenvalue weighted by molar-refractivity contribution is -0.138. The third kappa shape index (κ3) is 12.0. The Bertz CT molecular complexity index is 619. The molecular formula is C14H26N8O6. The van der Waals surface area contributed by atoms with Crippen molar-refractivity contribution in [3.05, 3.63) is 0 Å². The molecule has 14 heteroatoms. The van der Waals surface area contributed by atoms with Crippen LogP contribution in [0.25, 0.3) is 0 Å². The molecule has 0 rings (SSSR count). The van der Waals surface area contributed by atoms with Crippen molar-refractivity contribution in [2.24, 2.45) is 27.9 Å². The summed E-state index contributed by atoms with van der Waals surface area (Å²) in [6, 6.07) is -2.28. The summed E-state index contributed by atoms with van der Waals surface area (Å²) < 4.78 is 0. The van der Waals surface area contributed by atoms with Crippen LogP contribution < -0.4 is 38.9 Å². The minimum Gasteiger partial charge on any atom is -0.480 e. The van der Waals surface area contributed by atoms with E-state index in [9.17, 15) is 24.0 Å². The van der Waals surface area contributed by atoms with Gasteiger partial charge in [-0.15, -0.1) is 0 Å². The molecule has 2 unspecified atom stereocenters. The number of rotatable bonds is 13. The van der Waals surface area contributed by atoms with E-state index in [1.54, 1.807) is 0 Å². The van der Waals surface area contributed by atoms with Crippen molar-refractivity contribution in [3.63, 3.8) is 0 Å². The van der Waals surface area contributed by atoms with Gasteiger partial charge in [0, 0.05) is 6.54 Å². The number of carbonyl (C=O) groups is 5. The van der Waals surface area contributed by atoms with Crippen LogP contribution in [0.15, 0.2) is 4.99 Å². The summed E-state index contributed by atoms with van der Waals surface area (Å²) in [7, 11) is 0. The number of aliphatic imine (C=N–C) groups is 1. The predicted octanol–water partition coefficient (Wildman–Crippen LogP) is -4.96. The topological polar surface area (TPSA) is 258 Å². The van der Waals surface area contributed by atoms with Crippen molar-refractivity contribution in [2.45, 2.75) is 31.3 Å². The highest BCUT2D eigenvalue weighted by molar-refractivity contribution is 5.94. The van der Waals surface area contributed by atoms with Crippen LogP contribution in [0.3, 0.4) is 0 Å². The van der Waals surface area contributed by atoms with E-state index in [0.29, 0.717) is 13.0 Å². The first-order valence-electron chi connectivity index (χ1n) is 8.18. The van der Waals surface area contributed by atoms with Gasteiger partial charge in [-0.3, -0.25) is 29.0 Å². The molecule has 0 saturated carbocycles. The van der Waals surface area contributed by atoms with Crippen LogP contribution in [0, 0.1) is 0 Å². The Kier molecular flexibility index (Phi) is 11.3. The highest BCUT2D eigenvalue weighted by atomic mass is 16.4. The molecule has 0 spiro atoms. The van der Waals surface area contributed by atoms with Gasteiger partial charge in [0.1, 0.15) is 12.6 Å². The summed E-state index contributed by atoms with van der Waals surface area (Å²) in [5.41, 5.74) is 21.0. The number of aliphatic carboxylic acids is 1. The Labute approximate surface area is 160 Å². The normalized spacial score (nSPS) is 12.2. The van der Waals surface area contributed by atoms with Crippen molar-refractivity contribution in [2.75, 3.05) is 19.6 Å². The minimum atomic E-state index is -1.38. The molecule has 0 aliphatic carbocycles. The molecule has 4 amide bonds. The maximum absolute atomic E-state index is 11.9. The van der Waals surface area contributed by atoms with Crippen LogP contribution in [-0.2, 0) is 24.0 Å². The van der Waals surface area contributed by atoms with E-state index >= 15 is 0 Å². The van der Waals surface area contributed by atoms with E-state index in [0.717, 1.165) is 0 Å². The number of amides is 4. The van der Waals surface area contributed by atoms with Gasteiger partial charge in [-0.05, 0) is 12.8 Å². The lowest BCUT2D eigenvalue weighted by Gasteiger charge is -2.17. The molecule has 0 radical (unpaired) electrons. The molecule has 0 bridgehead atoms. The quantitative estimate of drug-likeness (QED) is 0.0832. The van der Waals surface area contributed by atoms with Crippen LogP contribution in [0.2, 0.25) is 0 Å². The van der Waals surface area contributed by atoms with Crippen LogP contribution in [0.4, 0.5) is 0 Å². The second kappa shape index (κ2) is 12.9. The van der Waals surface area contributed by atoms with Crippen LogP contribution >= 0.6 is 0 Å². The van der Waals surface area contributed by atoms with Crippen molar-refractivity contribution in [1.82, 2.24) is 16.0 Å². The molecule has 0 fully saturated rings. The number of carbonyl (C=O) groups excluding carboxylic acids is 4. The van der Waals surface area contributed by atoms with Crippen molar-refractivity contribution in [3.8, 4) is 0 Å². The zero-order valence-corrected chi connectivity index (χ0v) is 15.1. The first-order chi connectivity index (χ1) is 13.0. The summed E-state index contributed by atoms with van der Waals surface area (Å²) in [5, 5.41) is 15.0. The van der Waals surface area contributed by atoms with Crippen LogP contribution in [0.5, 0.6) is 0 Å². The number of nitrogens with two attached hydrogens (primary N) is 4. The summed E-state index contributed by atoms with van der Waals surface area (Å²) in [5.74, 6) is -4.58. The molecule has 0 aliphatic heterocycles. The number of nitrogens with zero attached hydrogens (tertiary/aromatic N) is 1. The number of hydrogen-bond acceptors (Lipinski definition) is 7. The van der Waals surface area contributed by atoms with Gasteiger partial charge in [0.15, 0.2) is 5.96 Å². The van der Waals surface area contributed by atoms with E-state index in [-0.39, 0.29) is 12.4 Å². The van der Waals surface area contributed by atoms with Crippen molar-refractivity contribution >= 4 is 35.6 Å². The summed E-state index contributed by atoms with van der Waals surface area (Å²) in [6.45, 7) is -0.915. The smallest absolute Gasteiger partial charge is 0.322 e. The first-order valence-corrected chi connectivity index (χ1v) is 8.18. The van der Waals surface area contributed by atoms with E-state index in [4.69, 9.17) is 28.0 Å². The lowest BCUT2D eigenvalue weighted by atomic mass is 10.1. The van der Waals surface area contributed by atoms with Gasteiger partial charge in [0.25, 0.3) is 0 Å². The van der Waals surface area contributed by atoms with Gasteiger partial charge < -0.3 is 44.0 Å². The Hall–Kier alpha value is -3.42. The fourth-order valence-corrected chi connectivity index (χ4v) is 1.89. The van der Waals surface area contributed by atoms with Gasteiger partial charge in [-0.2, -0.15) is 0 Å². The minimum absolute atomic E-state index is 0.0763. The van der Waals surface area contributed by atoms with Gasteiger partial charge in [-0.25, -0.2) is 0 Å². The molecule has 0 saturated heterocycles. The fourth-order valence-electron chi connectivity index (χ4n) is 1.89. The molecule has 0 heterocycles. The predicted molar refractivity (Wildman–Crippen MR) is 97.3 cm³/mol. The van der Waals surface area contributed by atoms with E-state index in [2.05, 4.69) is 15.6 Å². The van der Waals surface area contributed by atoms with Gasteiger partial charge >= 0.3 is 5.97 Å². The molecule has 0 aromatic carbocycles. The Morgan fingerprint density at radius 2 is 1.57 bits per heavy atom. The van der Waals surface area contributed by atoms with Gasteiger partial charge in [0.05, 0.1) is 19.0 Å². The average Bonchev–Trinajstić information content (AvgIpc) is 2.59. The summed E-state index contributed by atoms with van der Waals surface area (Å²) >= 11 is 0. The Morgan fingerprint density at radius 1 is 0.964 bits per heavy atom. The maximum atomic E-state index is 11.9. The summed E-state index contributed by atoms with van der Waals surface area (Å²) in [6.07, 6.45) is 0.171. The Morgan fingerprint density at radius 3 is 2.11 bits per heavy atom. The van der Waals surface area contributed by atoms with E-state index < -0.39 is 61.2 Å². The number of primary amides is 1. The van der Waals surface area contributed by atoms with Crippen molar-refractivity contribution in [1.29, 1.82) is 0 Å². The summed E-state index contributed by atoms with van der Waals surface area (Å²) in [4.78, 5) is 60.8. The third-order valence-corrected chi connectivity index (χ3v) is 3.20. The molecule has 14 nitrogen and oxygen atoms in total. The molecule has 0 aliphatic rings. The van der Waals surface area contributed by atoms with E-state index in [1.807, 2.05) is 5.32 Å². The number of hydrogen-bond donors (Lipinski definition) is 8. The zero-order chi connectivity index (χ0) is 21.7. The van der Waals surface area contributed by atoms with Crippen LogP contribution in [0.1, 0.15) is 19.3 Å². The second-order valence-corrected chi connectivity index (χ2v) is 5.68. The standard InChI is InChI=1S/C14H26N8O6/c15-7(2-1-3-19-14(17)18)12(27)20-5-10(24)22-8(4-9(16)23)13(28)21-6-11(25)26/h7-8H,1-6,15H2,(H2,16,23)(H,20,27)(H,21,28)(H,22,24)(H,25,26)(H4,17,18,19).